The number of carbonyl (C=O) groups is 1. The van der Waals surface area contributed by atoms with Gasteiger partial charge in [0.1, 0.15) is 0 Å². The number of hydrogen-bond acceptors (Lipinski definition) is 2. The maximum Gasteiger partial charge on any atom is 0.207 e. The van der Waals surface area contributed by atoms with Gasteiger partial charge in [-0.1, -0.05) is 20.3 Å². The van der Waals surface area contributed by atoms with Crippen LogP contribution in [0.5, 0.6) is 0 Å². The van der Waals surface area contributed by atoms with Crippen LogP contribution in [0.15, 0.2) is 0 Å². The molecule has 1 aliphatic carbocycles. The number of hydrogen-bond donors (Lipinski definition) is 2. The van der Waals surface area contributed by atoms with Crippen molar-refractivity contribution in [3.8, 4) is 0 Å². The zero-order valence-corrected chi connectivity index (χ0v) is 10.7. The third-order valence-corrected chi connectivity index (χ3v) is 4.00. The molecule has 94 valence electrons. The summed E-state index contributed by atoms with van der Waals surface area (Å²) in [6.45, 7) is 5.32. The van der Waals surface area contributed by atoms with Gasteiger partial charge in [0.05, 0.1) is 0 Å². The molecule has 0 spiro atoms. The van der Waals surface area contributed by atoms with Crippen LogP contribution in [0.3, 0.4) is 0 Å². The number of nitrogens with two attached hydrogens (primary N) is 1. The van der Waals surface area contributed by atoms with E-state index in [9.17, 15) is 4.79 Å². The average Bonchev–Trinajstić information content (AvgIpc) is 2.88. The first-order chi connectivity index (χ1) is 7.66. The molecule has 3 N–H and O–H groups in total. The van der Waals surface area contributed by atoms with Crippen LogP contribution in [0.4, 0.5) is 0 Å². The molecule has 3 heteroatoms. The van der Waals surface area contributed by atoms with Crippen LogP contribution in [0, 0.1) is 11.3 Å². The summed E-state index contributed by atoms with van der Waals surface area (Å²) in [6, 6.07) is 0.382. The Morgan fingerprint density at radius 1 is 1.62 bits per heavy atom. The second-order valence-electron chi connectivity index (χ2n) is 5.45. The molecule has 3 atom stereocenters. The van der Waals surface area contributed by atoms with Crippen molar-refractivity contribution in [2.45, 2.75) is 58.4 Å². The molecule has 0 aromatic heterocycles. The second kappa shape index (κ2) is 6.24. The molecule has 0 heterocycles. The first kappa shape index (κ1) is 13.5. The van der Waals surface area contributed by atoms with E-state index in [0.29, 0.717) is 11.5 Å². The SMILES string of the molecule is CCCC(CC1CC1(C)CCCN)NC=O. The Morgan fingerprint density at radius 3 is 2.94 bits per heavy atom. The molecule has 3 unspecified atom stereocenters. The molecular formula is C13H26N2O. The molecule has 0 aromatic rings. The quantitative estimate of drug-likeness (QED) is 0.591. The number of carbonyl (C=O) groups excluding carboxylic acids is 1. The third-order valence-electron chi connectivity index (χ3n) is 4.00. The minimum atomic E-state index is 0.382. The first-order valence-corrected chi connectivity index (χ1v) is 6.56. The van der Waals surface area contributed by atoms with Gasteiger partial charge in [-0.15, -0.1) is 0 Å². The van der Waals surface area contributed by atoms with Gasteiger partial charge in [-0.25, -0.2) is 0 Å². The Morgan fingerprint density at radius 2 is 2.38 bits per heavy atom. The smallest absolute Gasteiger partial charge is 0.207 e. The zero-order chi connectivity index (χ0) is 12.0. The lowest BCUT2D eigenvalue weighted by Gasteiger charge is -2.17. The summed E-state index contributed by atoms with van der Waals surface area (Å²) in [5.74, 6) is 0.794. The van der Waals surface area contributed by atoms with Crippen molar-refractivity contribution in [1.29, 1.82) is 0 Å². The lowest BCUT2D eigenvalue weighted by molar-refractivity contribution is -0.110. The standard InChI is InChI=1S/C13H26N2O/c1-3-5-12(15-10-16)8-11-9-13(11,2)6-4-7-14/h10-12H,3-9,14H2,1-2H3,(H,15,16). The summed E-state index contributed by atoms with van der Waals surface area (Å²) in [4.78, 5) is 10.5. The molecule has 3 nitrogen and oxygen atoms in total. The van der Waals surface area contributed by atoms with Crippen LogP contribution < -0.4 is 11.1 Å². The maximum atomic E-state index is 10.5. The molecule has 0 radical (unpaired) electrons. The van der Waals surface area contributed by atoms with Crippen molar-refractivity contribution in [3.05, 3.63) is 0 Å². The summed E-state index contributed by atoms with van der Waals surface area (Å²) in [5, 5.41) is 2.94. The monoisotopic (exact) mass is 226 g/mol. The first-order valence-electron chi connectivity index (χ1n) is 6.56. The van der Waals surface area contributed by atoms with Crippen molar-refractivity contribution in [2.24, 2.45) is 17.1 Å². The van der Waals surface area contributed by atoms with Crippen LogP contribution in [0.2, 0.25) is 0 Å². The van der Waals surface area contributed by atoms with E-state index in [2.05, 4.69) is 19.2 Å². The molecule has 1 rings (SSSR count). The van der Waals surface area contributed by atoms with Crippen LogP contribution in [0.1, 0.15) is 52.4 Å². The predicted octanol–water partition coefficient (Wildman–Crippen LogP) is 2.06. The Kier molecular flexibility index (Phi) is 5.26. The second-order valence-corrected chi connectivity index (χ2v) is 5.45. The minimum absolute atomic E-state index is 0.382. The highest BCUT2D eigenvalue weighted by Gasteiger charge is 2.49. The van der Waals surface area contributed by atoms with E-state index < -0.39 is 0 Å². The fraction of sp³-hybridized carbons (Fsp3) is 0.923. The molecule has 16 heavy (non-hydrogen) atoms. The normalized spacial score (nSPS) is 29.8. The lowest BCUT2D eigenvalue weighted by atomic mass is 9.95. The van der Waals surface area contributed by atoms with Crippen LogP contribution in [-0.4, -0.2) is 19.0 Å². The number of amides is 1. The van der Waals surface area contributed by atoms with Crippen molar-refractivity contribution >= 4 is 6.41 Å². The van der Waals surface area contributed by atoms with E-state index in [0.717, 1.165) is 44.6 Å². The van der Waals surface area contributed by atoms with Crippen molar-refractivity contribution in [1.82, 2.24) is 5.32 Å². The topological polar surface area (TPSA) is 55.1 Å². The van der Waals surface area contributed by atoms with Crippen molar-refractivity contribution in [2.75, 3.05) is 6.54 Å². The summed E-state index contributed by atoms with van der Waals surface area (Å²) >= 11 is 0. The van der Waals surface area contributed by atoms with Gasteiger partial charge in [-0.2, -0.15) is 0 Å². The van der Waals surface area contributed by atoms with Crippen molar-refractivity contribution in [3.63, 3.8) is 0 Å². The van der Waals surface area contributed by atoms with Gasteiger partial charge < -0.3 is 11.1 Å². The molecule has 0 saturated heterocycles. The summed E-state index contributed by atoms with van der Waals surface area (Å²) in [6.07, 6.45) is 7.92. The van der Waals surface area contributed by atoms with Gasteiger partial charge in [-0.05, 0) is 50.0 Å². The lowest BCUT2D eigenvalue weighted by Crippen LogP contribution is -2.28. The largest absolute Gasteiger partial charge is 0.356 e. The molecule has 0 aliphatic heterocycles. The zero-order valence-electron chi connectivity index (χ0n) is 10.7. The fourth-order valence-corrected chi connectivity index (χ4v) is 2.74. The Balaban J connectivity index is 2.29. The highest BCUT2D eigenvalue weighted by Crippen LogP contribution is 2.57. The van der Waals surface area contributed by atoms with E-state index in [1.165, 1.54) is 12.8 Å². The van der Waals surface area contributed by atoms with E-state index in [1.54, 1.807) is 0 Å². The Labute approximate surface area is 99.2 Å². The van der Waals surface area contributed by atoms with Crippen LogP contribution in [-0.2, 0) is 4.79 Å². The van der Waals surface area contributed by atoms with Crippen LogP contribution >= 0.6 is 0 Å². The molecule has 1 amide bonds. The van der Waals surface area contributed by atoms with E-state index >= 15 is 0 Å². The summed E-state index contributed by atoms with van der Waals surface area (Å²) < 4.78 is 0. The van der Waals surface area contributed by atoms with Crippen molar-refractivity contribution < 1.29 is 4.79 Å². The molecular weight excluding hydrogens is 200 g/mol. The molecule has 0 bridgehead atoms. The number of nitrogens with one attached hydrogen (secondary N) is 1. The van der Waals surface area contributed by atoms with E-state index in [-0.39, 0.29) is 0 Å². The predicted molar refractivity (Wildman–Crippen MR) is 67.0 cm³/mol. The highest BCUT2D eigenvalue weighted by atomic mass is 16.1. The number of rotatable bonds is 9. The average molecular weight is 226 g/mol. The molecule has 0 aromatic carbocycles. The fourth-order valence-electron chi connectivity index (χ4n) is 2.74. The minimum Gasteiger partial charge on any atom is -0.356 e. The van der Waals surface area contributed by atoms with Gasteiger partial charge in [0.2, 0.25) is 6.41 Å². The molecule has 1 saturated carbocycles. The maximum absolute atomic E-state index is 10.5. The summed E-state index contributed by atoms with van der Waals surface area (Å²) in [7, 11) is 0. The van der Waals surface area contributed by atoms with E-state index in [1.807, 2.05) is 0 Å². The van der Waals surface area contributed by atoms with Gasteiger partial charge >= 0.3 is 0 Å². The van der Waals surface area contributed by atoms with Gasteiger partial charge in [-0.3, -0.25) is 4.79 Å². The van der Waals surface area contributed by atoms with Gasteiger partial charge in [0.25, 0.3) is 0 Å². The molecule has 1 fully saturated rings. The Bertz CT molecular complexity index is 220. The molecule has 1 aliphatic rings. The van der Waals surface area contributed by atoms with E-state index in [4.69, 9.17) is 5.73 Å². The van der Waals surface area contributed by atoms with Crippen LogP contribution in [0.25, 0.3) is 0 Å². The Hall–Kier alpha value is -0.570. The van der Waals surface area contributed by atoms with Gasteiger partial charge in [0.15, 0.2) is 0 Å². The summed E-state index contributed by atoms with van der Waals surface area (Å²) in [5.41, 5.74) is 6.06. The third kappa shape index (κ3) is 3.78. The van der Waals surface area contributed by atoms with Gasteiger partial charge in [0, 0.05) is 6.04 Å². The highest BCUT2D eigenvalue weighted by molar-refractivity contribution is 5.46.